The van der Waals surface area contributed by atoms with Gasteiger partial charge in [-0.25, -0.2) is 9.78 Å². The molecule has 0 saturated heterocycles. The van der Waals surface area contributed by atoms with Crippen LogP contribution in [0.2, 0.25) is 0 Å². The molecule has 0 saturated carbocycles. The summed E-state index contributed by atoms with van der Waals surface area (Å²) in [4.78, 5) is 27.3. The number of aromatic nitrogens is 1. The van der Waals surface area contributed by atoms with Crippen LogP contribution in [0.4, 0.5) is 0 Å². The smallest absolute Gasteiger partial charge is 0.336 e. The van der Waals surface area contributed by atoms with E-state index >= 15 is 0 Å². The zero-order valence-corrected chi connectivity index (χ0v) is 13.1. The fraction of sp³-hybridized carbons (Fsp3) is 0.118. The van der Waals surface area contributed by atoms with E-state index in [1.54, 1.807) is 24.3 Å². The molecule has 0 fully saturated rings. The molecular weight excluding hydrogens is 314 g/mol. The number of ketones is 1. The molecule has 5 nitrogen and oxygen atoms in total. The quantitative estimate of drug-likeness (QED) is 0.449. The molecular formula is C17H13NO4S. The summed E-state index contributed by atoms with van der Waals surface area (Å²) in [6.07, 6.45) is 0. The van der Waals surface area contributed by atoms with Crippen LogP contribution in [0, 0.1) is 0 Å². The van der Waals surface area contributed by atoms with Crippen molar-refractivity contribution in [3.8, 4) is 5.75 Å². The fourth-order valence-electron chi connectivity index (χ4n) is 2.18. The van der Waals surface area contributed by atoms with Crippen LogP contribution < -0.4 is 5.63 Å². The number of hydrogen-bond acceptors (Lipinski definition) is 6. The number of carbonyl (C=O) groups is 1. The molecule has 3 rings (SSSR count). The van der Waals surface area contributed by atoms with Crippen LogP contribution in [-0.4, -0.2) is 15.9 Å². The maximum atomic E-state index is 11.7. The fourth-order valence-corrected chi connectivity index (χ4v) is 3.06. The second kappa shape index (κ2) is 6.26. The molecule has 0 spiro atoms. The number of hydrogen-bond donors (Lipinski definition) is 1. The average Bonchev–Trinajstić information content (AvgIpc) is 2.52. The highest BCUT2D eigenvalue weighted by molar-refractivity contribution is 7.98. The Labute approximate surface area is 136 Å². The zero-order valence-electron chi connectivity index (χ0n) is 12.3. The summed E-state index contributed by atoms with van der Waals surface area (Å²) in [6, 6.07) is 11.4. The number of fused-ring (bicyclic) bond motifs is 1. The normalized spacial score (nSPS) is 10.8. The first-order valence-corrected chi connectivity index (χ1v) is 7.88. The monoisotopic (exact) mass is 327 g/mol. The summed E-state index contributed by atoms with van der Waals surface area (Å²) < 4.78 is 5.10. The van der Waals surface area contributed by atoms with Crippen molar-refractivity contribution < 1.29 is 14.3 Å². The van der Waals surface area contributed by atoms with E-state index in [1.807, 2.05) is 6.07 Å². The molecule has 3 aromatic rings. The van der Waals surface area contributed by atoms with Gasteiger partial charge in [0.2, 0.25) is 0 Å². The number of pyridine rings is 1. The van der Waals surface area contributed by atoms with Gasteiger partial charge in [-0.3, -0.25) is 4.79 Å². The maximum absolute atomic E-state index is 11.7. The van der Waals surface area contributed by atoms with E-state index in [9.17, 15) is 14.7 Å². The summed E-state index contributed by atoms with van der Waals surface area (Å²) in [5.41, 5.74) is 1.08. The molecule has 2 heterocycles. The number of thioether (sulfide) groups is 1. The first-order chi connectivity index (χ1) is 11.0. The van der Waals surface area contributed by atoms with E-state index in [4.69, 9.17) is 4.42 Å². The first kappa shape index (κ1) is 15.3. The molecule has 0 unspecified atom stereocenters. The highest BCUT2D eigenvalue weighted by Gasteiger charge is 2.08. The van der Waals surface area contributed by atoms with Crippen molar-refractivity contribution in [3.05, 3.63) is 64.1 Å². The minimum absolute atomic E-state index is 0.0429. The molecule has 0 aliphatic carbocycles. The van der Waals surface area contributed by atoms with Crippen LogP contribution in [0.25, 0.3) is 11.0 Å². The molecule has 1 N–H and O–H groups in total. The van der Waals surface area contributed by atoms with E-state index in [-0.39, 0.29) is 11.5 Å². The van der Waals surface area contributed by atoms with Crippen molar-refractivity contribution >= 4 is 28.5 Å². The van der Waals surface area contributed by atoms with Crippen molar-refractivity contribution in [2.45, 2.75) is 17.7 Å². The number of phenols is 1. The third-order valence-corrected chi connectivity index (χ3v) is 4.25. The van der Waals surface area contributed by atoms with Gasteiger partial charge >= 0.3 is 5.63 Å². The Morgan fingerprint density at radius 1 is 1.26 bits per heavy atom. The van der Waals surface area contributed by atoms with Crippen molar-refractivity contribution in [2.24, 2.45) is 0 Å². The number of Topliss-reactive ketones (excluding diaryl/α,β-unsaturated/α-hetero) is 1. The van der Waals surface area contributed by atoms with Crippen molar-refractivity contribution in [1.82, 2.24) is 4.98 Å². The second-order valence-corrected chi connectivity index (χ2v) is 5.97. The van der Waals surface area contributed by atoms with Gasteiger partial charge in [-0.05, 0) is 29.8 Å². The minimum atomic E-state index is -0.468. The Balaban J connectivity index is 1.91. The number of phenolic OH excluding ortho intramolecular Hbond substituents is 1. The third-order valence-electron chi connectivity index (χ3n) is 3.27. The Morgan fingerprint density at radius 3 is 2.87 bits per heavy atom. The van der Waals surface area contributed by atoms with Gasteiger partial charge in [-0.15, -0.1) is 11.8 Å². The molecule has 6 heteroatoms. The minimum Gasteiger partial charge on any atom is -0.508 e. The lowest BCUT2D eigenvalue weighted by molar-refractivity contribution is 0.101. The summed E-state index contributed by atoms with van der Waals surface area (Å²) >= 11 is 1.43. The van der Waals surface area contributed by atoms with E-state index < -0.39 is 5.63 Å². The Bertz CT molecular complexity index is 949. The number of benzene rings is 1. The number of carbonyl (C=O) groups excluding carboxylic acids is 1. The lowest BCUT2D eigenvalue weighted by atomic mass is 10.1. The van der Waals surface area contributed by atoms with E-state index in [1.165, 1.54) is 30.8 Å². The van der Waals surface area contributed by atoms with Crippen LogP contribution in [0.3, 0.4) is 0 Å². The van der Waals surface area contributed by atoms with Crippen LogP contribution in [-0.2, 0) is 5.75 Å². The van der Waals surface area contributed by atoms with Gasteiger partial charge in [0.15, 0.2) is 5.78 Å². The topological polar surface area (TPSA) is 80.4 Å². The molecule has 0 bridgehead atoms. The average molecular weight is 327 g/mol. The second-order valence-electron chi connectivity index (χ2n) is 4.98. The highest BCUT2D eigenvalue weighted by Crippen LogP contribution is 2.27. The molecule has 0 atom stereocenters. The molecule has 0 amide bonds. The molecule has 116 valence electrons. The molecule has 0 aliphatic heterocycles. The molecule has 23 heavy (non-hydrogen) atoms. The van der Waals surface area contributed by atoms with Crippen LogP contribution in [0.1, 0.15) is 23.0 Å². The number of rotatable bonds is 4. The first-order valence-electron chi connectivity index (χ1n) is 6.89. The van der Waals surface area contributed by atoms with E-state index in [0.29, 0.717) is 22.1 Å². The van der Waals surface area contributed by atoms with Gasteiger partial charge in [0.25, 0.3) is 0 Å². The van der Waals surface area contributed by atoms with E-state index in [0.717, 1.165) is 10.9 Å². The third kappa shape index (κ3) is 3.43. The van der Waals surface area contributed by atoms with Crippen LogP contribution in [0.5, 0.6) is 5.75 Å². The van der Waals surface area contributed by atoms with Gasteiger partial charge in [0, 0.05) is 30.2 Å². The van der Waals surface area contributed by atoms with Crippen molar-refractivity contribution in [2.75, 3.05) is 0 Å². The Hall–Kier alpha value is -2.60. The van der Waals surface area contributed by atoms with Crippen LogP contribution >= 0.6 is 11.8 Å². The summed E-state index contributed by atoms with van der Waals surface area (Å²) in [5.74, 6) is 0.455. The predicted molar refractivity (Wildman–Crippen MR) is 88.0 cm³/mol. The number of aromatic hydroxyl groups is 1. The highest BCUT2D eigenvalue weighted by atomic mass is 32.2. The Kier molecular flexibility index (Phi) is 4.16. The number of nitrogens with zero attached hydrogens (tertiary/aromatic N) is 1. The summed E-state index contributed by atoms with van der Waals surface area (Å²) in [5, 5.41) is 11.0. The summed E-state index contributed by atoms with van der Waals surface area (Å²) in [7, 11) is 0. The van der Waals surface area contributed by atoms with Gasteiger partial charge in [0.1, 0.15) is 17.0 Å². The lowest BCUT2D eigenvalue weighted by Crippen LogP contribution is -2.00. The van der Waals surface area contributed by atoms with Crippen molar-refractivity contribution in [1.29, 1.82) is 0 Å². The van der Waals surface area contributed by atoms with Gasteiger partial charge < -0.3 is 9.52 Å². The van der Waals surface area contributed by atoms with Gasteiger partial charge in [-0.1, -0.05) is 6.07 Å². The lowest BCUT2D eigenvalue weighted by Gasteiger charge is -2.06. The van der Waals surface area contributed by atoms with E-state index in [2.05, 4.69) is 4.98 Å². The van der Waals surface area contributed by atoms with Crippen molar-refractivity contribution in [3.63, 3.8) is 0 Å². The van der Waals surface area contributed by atoms with Gasteiger partial charge in [0.05, 0.1) is 5.03 Å². The predicted octanol–water partition coefficient (Wildman–Crippen LogP) is 3.39. The standard InChI is InChI=1S/C17H13NO4S/c1-10(19)14-3-2-4-16(18-14)23-9-11-7-17(21)22-15-8-12(20)5-6-13(11)15/h2-8,20H,9H2,1H3. The molecule has 1 aromatic carbocycles. The Morgan fingerprint density at radius 2 is 2.09 bits per heavy atom. The van der Waals surface area contributed by atoms with Gasteiger partial charge in [-0.2, -0.15) is 0 Å². The molecule has 2 aromatic heterocycles. The summed E-state index contributed by atoms with van der Waals surface area (Å²) in [6.45, 7) is 1.47. The zero-order chi connectivity index (χ0) is 16.4. The molecule has 0 radical (unpaired) electrons. The largest absolute Gasteiger partial charge is 0.508 e. The molecule has 0 aliphatic rings. The maximum Gasteiger partial charge on any atom is 0.336 e. The van der Waals surface area contributed by atoms with Crippen LogP contribution in [0.15, 0.2) is 56.7 Å². The SMILES string of the molecule is CC(=O)c1cccc(SCc2cc(=O)oc3cc(O)ccc23)n1.